The third-order valence-electron chi connectivity index (χ3n) is 2.43. The van der Waals surface area contributed by atoms with Crippen molar-refractivity contribution in [3.05, 3.63) is 57.5 Å². The highest BCUT2D eigenvalue weighted by Crippen LogP contribution is 2.26. The third-order valence-corrected chi connectivity index (χ3v) is 3.38. The van der Waals surface area contributed by atoms with E-state index >= 15 is 0 Å². The molecule has 1 atom stereocenters. The van der Waals surface area contributed by atoms with Crippen LogP contribution in [-0.4, -0.2) is 0 Å². The average molecular weight is 258 g/mol. The Morgan fingerprint density at radius 1 is 1.31 bits per heavy atom. The molecule has 1 aromatic heterocycles. The third kappa shape index (κ3) is 2.61. The number of halogens is 2. The summed E-state index contributed by atoms with van der Waals surface area (Å²) in [5.74, 6) is -0.234. The summed E-state index contributed by atoms with van der Waals surface area (Å²) in [5.41, 5.74) is 7.96. The minimum Gasteiger partial charge on any atom is -0.320 e. The maximum atomic E-state index is 13.1. The lowest BCUT2D eigenvalue weighted by Gasteiger charge is -2.13. The van der Waals surface area contributed by atoms with Crippen molar-refractivity contribution >= 4 is 23.7 Å². The Morgan fingerprint density at radius 3 is 2.69 bits per heavy atom. The lowest BCUT2D eigenvalue weighted by atomic mass is 10.0. The Balaban J connectivity index is 0.00000128. The topological polar surface area (TPSA) is 26.0 Å². The van der Waals surface area contributed by atoms with Crippen molar-refractivity contribution in [3.8, 4) is 0 Å². The fourth-order valence-electron chi connectivity index (χ4n) is 1.57. The van der Waals surface area contributed by atoms with Crippen molar-refractivity contribution in [3.63, 3.8) is 0 Å². The summed E-state index contributed by atoms with van der Waals surface area (Å²) in [7, 11) is 0. The zero-order valence-electron chi connectivity index (χ0n) is 8.81. The fourth-order valence-corrected chi connectivity index (χ4v) is 2.31. The van der Waals surface area contributed by atoms with Gasteiger partial charge in [-0.1, -0.05) is 12.1 Å². The number of benzene rings is 1. The molecule has 0 bridgehead atoms. The van der Waals surface area contributed by atoms with Crippen molar-refractivity contribution in [2.45, 2.75) is 13.0 Å². The zero-order valence-corrected chi connectivity index (χ0v) is 10.4. The molecule has 0 aliphatic rings. The van der Waals surface area contributed by atoms with Gasteiger partial charge in [0.2, 0.25) is 0 Å². The van der Waals surface area contributed by atoms with Gasteiger partial charge in [0.1, 0.15) is 5.82 Å². The van der Waals surface area contributed by atoms with Gasteiger partial charge in [0.05, 0.1) is 6.04 Å². The fraction of sp³-hybridized carbons (Fsp3) is 0.167. The van der Waals surface area contributed by atoms with Gasteiger partial charge in [-0.15, -0.1) is 23.7 Å². The van der Waals surface area contributed by atoms with Crippen molar-refractivity contribution in [2.24, 2.45) is 5.73 Å². The molecule has 2 N–H and O–H groups in total. The van der Waals surface area contributed by atoms with Crippen LogP contribution in [0, 0.1) is 12.7 Å². The van der Waals surface area contributed by atoms with Gasteiger partial charge in [0.25, 0.3) is 0 Å². The Hall–Kier alpha value is -0.900. The highest BCUT2D eigenvalue weighted by molar-refractivity contribution is 7.10. The number of nitrogens with two attached hydrogens (primary N) is 1. The van der Waals surface area contributed by atoms with Gasteiger partial charge in [0, 0.05) is 4.88 Å². The molecule has 0 unspecified atom stereocenters. The second kappa shape index (κ2) is 5.43. The van der Waals surface area contributed by atoms with Gasteiger partial charge in [0.15, 0.2) is 0 Å². The van der Waals surface area contributed by atoms with Crippen molar-refractivity contribution in [2.75, 3.05) is 0 Å². The van der Waals surface area contributed by atoms with E-state index in [-0.39, 0.29) is 24.3 Å². The van der Waals surface area contributed by atoms with Gasteiger partial charge in [-0.3, -0.25) is 0 Å². The highest BCUT2D eigenvalue weighted by atomic mass is 35.5. The number of hydrogen-bond donors (Lipinski definition) is 1. The number of thiophene rings is 1. The quantitative estimate of drug-likeness (QED) is 0.873. The molecule has 86 valence electrons. The van der Waals surface area contributed by atoms with E-state index in [1.807, 2.05) is 24.4 Å². The molecule has 4 heteroatoms. The maximum Gasteiger partial charge on any atom is 0.123 e. The molecule has 2 rings (SSSR count). The number of rotatable bonds is 2. The minimum atomic E-state index is -0.234. The van der Waals surface area contributed by atoms with E-state index in [1.165, 1.54) is 12.1 Å². The van der Waals surface area contributed by atoms with Crippen LogP contribution in [0.25, 0.3) is 0 Å². The zero-order chi connectivity index (χ0) is 10.8. The molecule has 0 spiro atoms. The number of hydrogen-bond acceptors (Lipinski definition) is 2. The highest BCUT2D eigenvalue weighted by Gasteiger charge is 2.12. The molecule has 2 aromatic rings. The van der Waals surface area contributed by atoms with Crippen LogP contribution in [0.5, 0.6) is 0 Å². The first-order chi connectivity index (χ1) is 7.18. The largest absolute Gasteiger partial charge is 0.320 e. The van der Waals surface area contributed by atoms with Gasteiger partial charge in [-0.2, -0.15) is 0 Å². The molecular weight excluding hydrogens is 245 g/mol. The lowest BCUT2D eigenvalue weighted by Crippen LogP contribution is -2.12. The Bertz CT molecular complexity index is 456. The van der Waals surface area contributed by atoms with Crippen molar-refractivity contribution in [1.82, 2.24) is 0 Å². The van der Waals surface area contributed by atoms with E-state index in [1.54, 1.807) is 17.4 Å². The van der Waals surface area contributed by atoms with Gasteiger partial charge < -0.3 is 5.73 Å². The van der Waals surface area contributed by atoms with E-state index in [2.05, 4.69) is 0 Å². The first-order valence-corrected chi connectivity index (χ1v) is 5.61. The van der Waals surface area contributed by atoms with Crippen LogP contribution in [-0.2, 0) is 0 Å². The Morgan fingerprint density at radius 2 is 2.06 bits per heavy atom. The number of aryl methyl sites for hydroxylation is 1. The van der Waals surface area contributed by atoms with E-state index < -0.39 is 0 Å². The summed E-state index contributed by atoms with van der Waals surface area (Å²) in [6.07, 6.45) is 0. The van der Waals surface area contributed by atoms with E-state index in [0.29, 0.717) is 0 Å². The van der Waals surface area contributed by atoms with Crippen LogP contribution in [0.3, 0.4) is 0 Å². The monoisotopic (exact) mass is 257 g/mol. The maximum absolute atomic E-state index is 13.1. The summed E-state index contributed by atoms with van der Waals surface area (Å²) in [4.78, 5) is 1.06. The van der Waals surface area contributed by atoms with Gasteiger partial charge in [-0.05, 0) is 41.6 Å². The molecule has 1 heterocycles. The molecule has 0 radical (unpaired) electrons. The molecule has 1 nitrogen and oxygen atoms in total. The van der Waals surface area contributed by atoms with E-state index in [0.717, 1.165) is 16.0 Å². The summed E-state index contributed by atoms with van der Waals surface area (Å²) in [6.45, 7) is 1.95. The molecule has 16 heavy (non-hydrogen) atoms. The summed E-state index contributed by atoms with van der Waals surface area (Å²) in [6, 6.07) is 8.44. The molecule has 0 saturated carbocycles. The van der Waals surface area contributed by atoms with Gasteiger partial charge in [-0.25, -0.2) is 4.39 Å². The molecule has 0 aliphatic heterocycles. The lowest BCUT2D eigenvalue weighted by molar-refractivity contribution is 0.623. The molecule has 0 saturated heterocycles. The normalized spacial score (nSPS) is 11.9. The van der Waals surface area contributed by atoms with Crippen LogP contribution in [0.15, 0.2) is 35.7 Å². The summed E-state index contributed by atoms with van der Waals surface area (Å²) >= 11 is 1.59. The van der Waals surface area contributed by atoms with Crippen LogP contribution >= 0.6 is 23.7 Å². The van der Waals surface area contributed by atoms with Crippen LogP contribution in [0.1, 0.15) is 22.0 Å². The second-order valence-corrected chi connectivity index (χ2v) is 4.47. The van der Waals surface area contributed by atoms with Crippen LogP contribution in [0.4, 0.5) is 4.39 Å². The minimum absolute atomic E-state index is 0. The molecule has 0 fully saturated rings. The Labute approximate surface area is 105 Å². The standard InChI is InChI=1S/C12H12FNS.ClH/c1-8-4-5-9(13)7-10(8)12(14)11-3-2-6-15-11;/h2-7,12H,14H2,1H3;1H/t12-;/m1./s1. The smallest absolute Gasteiger partial charge is 0.123 e. The summed E-state index contributed by atoms with van der Waals surface area (Å²) < 4.78 is 13.1. The van der Waals surface area contributed by atoms with E-state index in [4.69, 9.17) is 5.73 Å². The predicted molar refractivity (Wildman–Crippen MR) is 68.7 cm³/mol. The van der Waals surface area contributed by atoms with Crippen LogP contribution in [0.2, 0.25) is 0 Å². The average Bonchev–Trinajstić information content (AvgIpc) is 2.74. The first kappa shape index (κ1) is 13.2. The Kier molecular flexibility index (Phi) is 4.47. The summed E-state index contributed by atoms with van der Waals surface area (Å²) in [5, 5.41) is 1.98. The van der Waals surface area contributed by atoms with Crippen LogP contribution < -0.4 is 5.73 Å². The SMILES string of the molecule is Cc1ccc(F)cc1[C@@H](N)c1cccs1.Cl. The molecule has 0 amide bonds. The predicted octanol–water partition coefficient (Wildman–Crippen LogP) is 3.67. The molecular formula is C12H13ClFNS. The van der Waals surface area contributed by atoms with E-state index in [9.17, 15) is 4.39 Å². The second-order valence-electron chi connectivity index (χ2n) is 3.49. The first-order valence-electron chi connectivity index (χ1n) is 4.73. The van der Waals surface area contributed by atoms with Crippen molar-refractivity contribution < 1.29 is 4.39 Å². The molecule has 1 aromatic carbocycles. The molecule has 0 aliphatic carbocycles. The van der Waals surface area contributed by atoms with Gasteiger partial charge >= 0.3 is 0 Å². The van der Waals surface area contributed by atoms with Crippen molar-refractivity contribution in [1.29, 1.82) is 0 Å².